The molecular formula is C18H18N2O. The highest BCUT2D eigenvalue weighted by Crippen LogP contribution is 2.35. The molecule has 1 amide bonds. The Labute approximate surface area is 124 Å². The van der Waals surface area contributed by atoms with Gasteiger partial charge in [-0.15, -0.1) is 0 Å². The van der Waals surface area contributed by atoms with E-state index in [1.807, 2.05) is 29.2 Å². The van der Waals surface area contributed by atoms with E-state index in [-0.39, 0.29) is 11.8 Å². The molecule has 0 aliphatic carbocycles. The van der Waals surface area contributed by atoms with Crippen LogP contribution >= 0.6 is 0 Å². The smallest absolute Gasteiger partial charge is 0.236 e. The van der Waals surface area contributed by atoms with Gasteiger partial charge in [0.25, 0.3) is 0 Å². The molecule has 2 heterocycles. The second kappa shape index (κ2) is 4.92. The highest BCUT2D eigenvalue weighted by atomic mass is 16.2. The van der Waals surface area contributed by atoms with Gasteiger partial charge < -0.3 is 10.2 Å². The summed E-state index contributed by atoms with van der Waals surface area (Å²) in [5.74, 6) is 0.159. The number of carbonyl (C=O) groups excluding carboxylic acids is 1. The van der Waals surface area contributed by atoms with E-state index in [0.717, 1.165) is 36.3 Å². The molecule has 0 aromatic heterocycles. The first kappa shape index (κ1) is 12.5. The van der Waals surface area contributed by atoms with Gasteiger partial charge in [-0.2, -0.15) is 0 Å². The number of benzene rings is 2. The summed E-state index contributed by atoms with van der Waals surface area (Å²) in [6.07, 6.45) is 2.12. The van der Waals surface area contributed by atoms with Crippen LogP contribution in [0.15, 0.2) is 48.5 Å². The van der Waals surface area contributed by atoms with E-state index < -0.39 is 0 Å². The second-order valence-corrected chi connectivity index (χ2v) is 5.74. The van der Waals surface area contributed by atoms with Gasteiger partial charge in [-0.3, -0.25) is 4.79 Å². The van der Waals surface area contributed by atoms with Gasteiger partial charge in [0.1, 0.15) is 0 Å². The summed E-state index contributed by atoms with van der Waals surface area (Å²) in [5.41, 5.74) is 4.61. The highest BCUT2D eigenvalue weighted by Gasteiger charge is 2.33. The molecule has 0 bridgehead atoms. The van der Waals surface area contributed by atoms with Crippen molar-refractivity contribution in [2.24, 2.45) is 0 Å². The van der Waals surface area contributed by atoms with Crippen molar-refractivity contribution >= 4 is 17.3 Å². The number of rotatable bonds is 1. The van der Waals surface area contributed by atoms with Crippen LogP contribution in [0.3, 0.4) is 0 Å². The molecule has 106 valence electrons. The van der Waals surface area contributed by atoms with E-state index in [4.69, 9.17) is 0 Å². The van der Waals surface area contributed by atoms with Crippen molar-refractivity contribution in [3.8, 4) is 0 Å². The molecule has 0 saturated heterocycles. The van der Waals surface area contributed by atoms with Crippen molar-refractivity contribution in [3.05, 3.63) is 59.7 Å². The standard InChI is InChI=1S/C18H18N2O/c21-18(15-12-19-16-9-3-2-8-14(15)16)20-11-5-7-13-6-1-4-10-17(13)20/h1-4,6,8-10,15,19H,5,7,11-12H2. The van der Waals surface area contributed by atoms with Crippen LogP contribution in [0, 0.1) is 0 Å². The molecule has 0 fully saturated rings. The Kier molecular flexibility index (Phi) is 2.92. The summed E-state index contributed by atoms with van der Waals surface area (Å²) in [6.45, 7) is 1.53. The zero-order chi connectivity index (χ0) is 14.2. The molecule has 1 unspecified atom stereocenters. The quantitative estimate of drug-likeness (QED) is 0.869. The zero-order valence-electron chi connectivity index (χ0n) is 11.9. The van der Waals surface area contributed by atoms with Crippen molar-refractivity contribution < 1.29 is 4.79 Å². The third kappa shape index (κ3) is 2.00. The molecule has 2 aliphatic heterocycles. The first-order valence-corrected chi connectivity index (χ1v) is 7.56. The van der Waals surface area contributed by atoms with Crippen LogP contribution in [0.4, 0.5) is 11.4 Å². The largest absolute Gasteiger partial charge is 0.384 e. The van der Waals surface area contributed by atoms with Gasteiger partial charge in [-0.25, -0.2) is 0 Å². The predicted molar refractivity (Wildman–Crippen MR) is 84.8 cm³/mol. The van der Waals surface area contributed by atoms with E-state index in [0.29, 0.717) is 6.54 Å². The summed E-state index contributed by atoms with van der Waals surface area (Å²) in [5, 5.41) is 3.35. The average molecular weight is 278 g/mol. The van der Waals surface area contributed by atoms with Crippen LogP contribution in [0.2, 0.25) is 0 Å². The Morgan fingerprint density at radius 1 is 1.10 bits per heavy atom. The number of hydrogen-bond donors (Lipinski definition) is 1. The van der Waals surface area contributed by atoms with Crippen LogP contribution in [0.1, 0.15) is 23.5 Å². The molecule has 0 spiro atoms. The third-order valence-corrected chi connectivity index (χ3v) is 4.51. The Morgan fingerprint density at radius 2 is 1.90 bits per heavy atom. The van der Waals surface area contributed by atoms with Crippen LogP contribution in [0.25, 0.3) is 0 Å². The summed E-state index contributed by atoms with van der Waals surface area (Å²) in [7, 11) is 0. The fourth-order valence-electron chi connectivity index (χ4n) is 3.45. The van der Waals surface area contributed by atoms with E-state index in [2.05, 4.69) is 29.6 Å². The molecule has 2 aromatic rings. The molecule has 4 rings (SSSR count). The average Bonchev–Trinajstić information content (AvgIpc) is 2.98. The molecule has 3 heteroatoms. The van der Waals surface area contributed by atoms with Crippen molar-refractivity contribution in [2.75, 3.05) is 23.3 Å². The summed E-state index contributed by atoms with van der Waals surface area (Å²) < 4.78 is 0. The van der Waals surface area contributed by atoms with Crippen molar-refractivity contribution in [3.63, 3.8) is 0 Å². The van der Waals surface area contributed by atoms with E-state index in [1.54, 1.807) is 0 Å². The topological polar surface area (TPSA) is 32.3 Å². The van der Waals surface area contributed by atoms with E-state index in [9.17, 15) is 4.79 Å². The number of anilines is 2. The lowest BCUT2D eigenvalue weighted by Crippen LogP contribution is -2.39. The van der Waals surface area contributed by atoms with Gasteiger partial charge in [-0.05, 0) is 36.1 Å². The number of aryl methyl sites for hydroxylation is 1. The summed E-state index contributed by atoms with van der Waals surface area (Å²) >= 11 is 0. The molecule has 1 atom stereocenters. The summed E-state index contributed by atoms with van der Waals surface area (Å²) in [4.78, 5) is 15.0. The molecule has 0 saturated carbocycles. The minimum atomic E-state index is -0.0626. The van der Waals surface area contributed by atoms with Crippen LogP contribution < -0.4 is 10.2 Å². The number of amides is 1. The van der Waals surface area contributed by atoms with Crippen molar-refractivity contribution in [2.45, 2.75) is 18.8 Å². The zero-order valence-corrected chi connectivity index (χ0v) is 11.9. The Balaban J connectivity index is 1.68. The second-order valence-electron chi connectivity index (χ2n) is 5.74. The van der Waals surface area contributed by atoms with Gasteiger partial charge in [0.05, 0.1) is 5.92 Å². The van der Waals surface area contributed by atoms with Crippen molar-refractivity contribution in [1.82, 2.24) is 0 Å². The third-order valence-electron chi connectivity index (χ3n) is 4.51. The number of para-hydroxylation sites is 2. The Morgan fingerprint density at radius 3 is 2.86 bits per heavy atom. The molecule has 2 aliphatic rings. The molecular weight excluding hydrogens is 260 g/mol. The maximum Gasteiger partial charge on any atom is 0.236 e. The van der Waals surface area contributed by atoms with E-state index in [1.165, 1.54) is 5.56 Å². The lowest BCUT2D eigenvalue weighted by molar-refractivity contribution is -0.119. The van der Waals surface area contributed by atoms with Crippen LogP contribution in [-0.2, 0) is 11.2 Å². The molecule has 1 N–H and O–H groups in total. The number of hydrogen-bond acceptors (Lipinski definition) is 2. The first-order valence-electron chi connectivity index (χ1n) is 7.56. The van der Waals surface area contributed by atoms with Gasteiger partial charge in [0, 0.05) is 24.5 Å². The van der Waals surface area contributed by atoms with Crippen molar-refractivity contribution in [1.29, 1.82) is 0 Å². The molecule has 0 radical (unpaired) electrons. The minimum absolute atomic E-state index is 0.0626. The molecule has 21 heavy (non-hydrogen) atoms. The lowest BCUT2D eigenvalue weighted by atomic mass is 9.96. The maximum absolute atomic E-state index is 13.0. The van der Waals surface area contributed by atoms with Gasteiger partial charge in [0.15, 0.2) is 0 Å². The van der Waals surface area contributed by atoms with Crippen LogP contribution in [-0.4, -0.2) is 19.0 Å². The van der Waals surface area contributed by atoms with Gasteiger partial charge >= 0.3 is 0 Å². The maximum atomic E-state index is 13.0. The lowest BCUT2D eigenvalue weighted by Gasteiger charge is -2.31. The molecule has 3 nitrogen and oxygen atoms in total. The fraction of sp³-hybridized carbons (Fsp3) is 0.278. The number of fused-ring (bicyclic) bond motifs is 2. The normalized spacial score (nSPS) is 19.6. The minimum Gasteiger partial charge on any atom is -0.384 e. The summed E-state index contributed by atoms with van der Waals surface area (Å²) in [6, 6.07) is 16.4. The monoisotopic (exact) mass is 278 g/mol. The first-order chi connectivity index (χ1) is 10.3. The van der Waals surface area contributed by atoms with Crippen LogP contribution in [0.5, 0.6) is 0 Å². The predicted octanol–water partition coefficient (Wildman–Crippen LogP) is 3.18. The van der Waals surface area contributed by atoms with E-state index >= 15 is 0 Å². The highest BCUT2D eigenvalue weighted by molar-refractivity contribution is 6.01. The number of carbonyl (C=O) groups is 1. The Hall–Kier alpha value is -2.29. The molecule has 2 aromatic carbocycles. The van der Waals surface area contributed by atoms with Gasteiger partial charge in [-0.1, -0.05) is 36.4 Å². The Bertz CT molecular complexity index is 695. The number of nitrogens with one attached hydrogen (secondary N) is 1. The SMILES string of the molecule is O=C(C1CNc2ccccc21)N1CCCc2ccccc21. The fourth-order valence-corrected chi connectivity index (χ4v) is 3.45. The number of nitrogens with zero attached hydrogens (tertiary/aromatic N) is 1. The van der Waals surface area contributed by atoms with Gasteiger partial charge in [0.2, 0.25) is 5.91 Å².